The summed E-state index contributed by atoms with van der Waals surface area (Å²) in [6, 6.07) is 0. The fraction of sp³-hybridized carbons (Fsp3) is 0.647. The predicted octanol–water partition coefficient (Wildman–Crippen LogP) is 15.1. The van der Waals surface area contributed by atoms with E-state index in [-0.39, 0.29) is 25.2 Å². The molecule has 0 aliphatic carbocycles. The summed E-state index contributed by atoms with van der Waals surface area (Å²) in [5, 5.41) is 0. The summed E-state index contributed by atoms with van der Waals surface area (Å²) in [6.07, 6.45) is 61.6. The molecular formula is C51H84O5. The van der Waals surface area contributed by atoms with E-state index in [0.717, 1.165) is 103 Å². The highest BCUT2D eigenvalue weighted by Crippen LogP contribution is 2.11. The molecule has 0 bridgehead atoms. The Morgan fingerprint density at radius 2 is 0.804 bits per heavy atom. The molecule has 318 valence electrons. The van der Waals surface area contributed by atoms with Gasteiger partial charge >= 0.3 is 11.9 Å². The van der Waals surface area contributed by atoms with Crippen molar-refractivity contribution in [2.24, 2.45) is 0 Å². The van der Waals surface area contributed by atoms with E-state index in [0.29, 0.717) is 19.4 Å². The van der Waals surface area contributed by atoms with Gasteiger partial charge in [-0.15, -0.1) is 0 Å². The Morgan fingerprint density at radius 3 is 1.32 bits per heavy atom. The normalized spacial score (nSPS) is 13.1. The molecule has 0 aromatic carbocycles. The molecule has 5 nitrogen and oxygen atoms in total. The Bertz CT molecular complexity index is 1110. The summed E-state index contributed by atoms with van der Waals surface area (Å²) in [7, 11) is 0. The Morgan fingerprint density at radius 1 is 0.411 bits per heavy atom. The molecule has 56 heavy (non-hydrogen) atoms. The third-order valence-electron chi connectivity index (χ3n) is 9.10. The van der Waals surface area contributed by atoms with Crippen molar-refractivity contribution >= 4 is 11.9 Å². The highest BCUT2D eigenvalue weighted by Gasteiger charge is 2.17. The van der Waals surface area contributed by atoms with Crippen LogP contribution in [0.15, 0.2) is 97.2 Å². The van der Waals surface area contributed by atoms with E-state index in [2.05, 4.69) is 118 Å². The zero-order chi connectivity index (χ0) is 40.7. The zero-order valence-electron chi connectivity index (χ0n) is 36.4. The first-order valence-corrected chi connectivity index (χ1v) is 22.8. The standard InChI is InChI=1S/C51H84O5/c1-4-7-10-13-15-17-19-21-23-24-25-26-27-29-31-33-35-37-40-43-46-54-47-49(56-51(53)45-42-38-12-9-6-3)48-55-50(52)44-41-39-36-34-32-30-28-22-20-18-16-14-11-8-5-2/h7,10,15-18,21-23,25-26,28-29,31,35,37,49H,4-6,8-9,11-14,19-20,24,27,30,32-34,36,38-48H2,1-3H3/b10-7-,17-15-,18-16-,23-21-,26-25-,28-22-,31-29-,37-35-. The Kier molecular flexibility index (Phi) is 43.6. The maximum atomic E-state index is 12.5. The molecule has 0 aromatic rings. The number of ether oxygens (including phenoxy) is 3. The molecule has 0 fully saturated rings. The topological polar surface area (TPSA) is 61.8 Å². The lowest BCUT2D eigenvalue weighted by molar-refractivity contribution is -0.163. The van der Waals surface area contributed by atoms with E-state index >= 15 is 0 Å². The maximum absolute atomic E-state index is 12.5. The Labute approximate surface area is 345 Å². The number of carbonyl (C=O) groups excluding carboxylic acids is 2. The highest BCUT2D eigenvalue weighted by molar-refractivity contribution is 5.70. The van der Waals surface area contributed by atoms with E-state index in [1.807, 2.05) is 0 Å². The number of carbonyl (C=O) groups is 2. The van der Waals surface area contributed by atoms with E-state index in [1.54, 1.807) is 0 Å². The van der Waals surface area contributed by atoms with Gasteiger partial charge in [0.1, 0.15) is 6.61 Å². The van der Waals surface area contributed by atoms with Crippen LogP contribution in [0.25, 0.3) is 0 Å². The predicted molar refractivity (Wildman–Crippen MR) is 242 cm³/mol. The van der Waals surface area contributed by atoms with Crippen LogP contribution < -0.4 is 0 Å². The van der Waals surface area contributed by atoms with Gasteiger partial charge in [0, 0.05) is 19.4 Å². The number of hydrogen-bond donors (Lipinski definition) is 0. The van der Waals surface area contributed by atoms with Crippen LogP contribution in [0.1, 0.15) is 188 Å². The largest absolute Gasteiger partial charge is 0.462 e. The summed E-state index contributed by atoms with van der Waals surface area (Å²) in [5.41, 5.74) is 0. The van der Waals surface area contributed by atoms with Crippen LogP contribution in [0.4, 0.5) is 0 Å². The van der Waals surface area contributed by atoms with Gasteiger partial charge < -0.3 is 14.2 Å². The van der Waals surface area contributed by atoms with Crippen molar-refractivity contribution in [3.63, 3.8) is 0 Å². The molecule has 0 saturated heterocycles. The first kappa shape index (κ1) is 52.8. The highest BCUT2D eigenvalue weighted by atomic mass is 16.6. The van der Waals surface area contributed by atoms with Crippen molar-refractivity contribution < 1.29 is 23.8 Å². The molecule has 0 aliphatic rings. The number of esters is 2. The van der Waals surface area contributed by atoms with Gasteiger partial charge in [0.15, 0.2) is 6.10 Å². The fourth-order valence-electron chi connectivity index (χ4n) is 5.73. The van der Waals surface area contributed by atoms with E-state index in [1.165, 1.54) is 51.4 Å². The van der Waals surface area contributed by atoms with Crippen molar-refractivity contribution in [1.29, 1.82) is 0 Å². The molecule has 5 heteroatoms. The van der Waals surface area contributed by atoms with Crippen molar-refractivity contribution in [1.82, 2.24) is 0 Å². The second-order valence-corrected chi connectivity index (χ2v) is 14.6. The molecule has 0 aliphatic heterocycles. The summed E-state index contributed by atoms with van der Waals surface area (Å²) < 4.78 is 17.1. The summed E-state index contributed by atoms with van der Waals surface area (Å²) in [4.78, 5) is 25.0. The molecule has 0 heterocycles. The Hall–Kier alpha value is -3.18. The number of allylic oxidation sites excluding steroid dienone is 16. The zero-order valence-corrected chi connectivity index (χ0v) is 36.4. The second kappa shape index (κ2) is 46.2. The molecular weight excluding hydrogens is 693 g/mol. The monoisotopic (exact) mass is 777 g/mol. The van der Waals surface area contributed by atoms with Crippen molar-refractivity contribution in [3.8, 4) is 0 Å². The third kappa shape index (κ3) is 43.5. The van der Waals surface area contributed by atoms with Crippen LogP contribution in [0.3, 0.4) is 0 Å². The average Bonchev–Trinajstić information content (AvgIpc) is 3.20. The number of unbranched alkanes of at least 4 members (excludes halogenated alkanes) is 13. The molecule has 0 rings (SSSR count). The van der Waals surface area contributed by atoms with Crippen LogP contribution in [-0.2, 0) is 23.8 Å². The van der Waals surface area contributed by atoms with Gasteiger partial charge in [-0.2, -0.15) is 0 Å². The van der Waals surface area contributed by atoms with Gasteiger partial charge in [-0.1, -0.05) is 176 Å². The minimum absolute atomic E-state index is 0.0494. The quantitative estimate of drug-likeness (QED) is 0.0352. The van der Waals surface area contributed by atoms with Crippen LogP contribution in [0.2, 0.25) is 0 Å². The minimum atomic E-state index is -0.572. The number of hydrogen-bond acceptors (Lipinski definition) is 5. The first-order valence-electron chi connectivity index (χ1n) is 22.8. The SMILES string of the molecule is CC/C=C\C/C=C\C/C=C\C/C=C\C/C=C\C/C=C\CCCOCC(COC(=O)CCCCCCC/C=C\C/C=C\CCCCC)OC(=O)CCCCCCC. The lowest BCUT2D eigenvalue weighted by atomic mass is 10.1. The number of rotatable bonds is 40. The van der Waals surface area contributed by atoms with Crippen LogP contribution in [-0.4, -0.2) is 37.9 Å². The van der Waals surface area contributed by atoms with Crippen LogP contribution in [0, 0.1) is 0 Å². The lowest BCUT2D eigenvalue weighted by Gasteiger charge is -2.18. The fourth-order valence-corrected chi connectivity index (χ4v) is 5.73. The van der Waals surface area contributed by atoms with Gasteiger partial charge in [0.05, 0.1) is 6.61 Å². The minimum Gasteiger partial charge on any atom is -0.462 e. The lowest BCUT2D eigenvalue weighted by Crippen LogP contribution is -2.30. The third-order valence-corrected chi connectivity index (χ3v) is 9.10. The second-order valence-electron chi connectivity index (χ2n) is 14.6. The molecule has 0 radical (unpaired) electrons. The van der Waals surface area contributed by atoms with Gasteiger partial charge in [-0.25, -0.2) is 0 Å². The average molecular weight is 777 g/mol. The summed E-state index contributed by atoms with van der Waals surface area (Å²) in [6.45, 7) is 7.43. The smallest absolute Gasteiger partial charge is 0.306 e. The van der Waals surface area contributed by atoms with Crippen molar-refractivity contribution in [3.05, 3.63) is 97.2 Å². The summed E-state index contributed by atoms with van der Waals surface area (Å²) >= 11 is 0. The Balaban J connectivity index is 4.21. The molecule has 0 N–H and O–H groups in total. The summed E-state index contributed by atoms with van der Waals surface area (Å²) in [5.74, 6) is -0.466. The van der Waals surface area contributed by atoms with Gasteiger partial charge in [-0.05, 0) is 96.3 Å². The van der Waals surface area contributed by atoms with Gasteiger partial charge in [0.25, 0.3) is 0 Å². The van der Waals surface area contributed by atoms with Gasteiger partial charge in [-0.3, -0.25) is 9.59 Å². The first-order chi connectivity index (χ1) is 27.6. The molecule has 1 atom stereocenters. The molecule has 0 aromatic heterocycles. The van der Waals surface area contributed by atoms with Crippen molar-refractivity contribution in [2.75, 3.05) is 19.8 Å². The molecule has 0 saturated carbocycles. The maximum Gasteiger partial charge on any atom is 0.306 e. The molecule has 0 spiro atoms. The van der Waals surface area contributed by atoms with Crippen LogP contribution in [0.5, 0.6) is 0 Å². The van der Waals surface area contributed by atoms with E-state index in [9.17, 15) is 9.59 Å². The molecule has 0 amide bonds. The van der Waals surface area contributed by atoms with Crippen LogP contribution >= 0.6 is 0 Å². The molecule has 1 unspecified atom stereocenters. The van der Waals surface area contributed by atoms with E-state index < -0.39 is 6.10 Å². The van der Waals surface area contributed by atoms with Gasteiger partial charge in [0.2, 0.25) is 0 Å². The van der Waals surface area contributed by atoms with E-state index in [4.69, 9.17) is 14.2 Å². The van der Waals surface area contributed by atoms with Crippen molar-refractivity contribution in [2.45, 2.75) is 194 Å².